The molecular weight excluding hydrogens is 304 g/mol. The molecule has 1 aliphatic carbocycles. The zero-order valence-corrected chi connectivity index (χ0v) is 11.9. The summed E-state index contributed by atoms with van der Waals surface area (Å²) in [5.41, 5.74) is 3.34. The maximum Gasteiger partial charge on any atom is 0.252 e. The van der Waals surface area contributed by atoms with Gasteiger partial charge in [-0.25, -0.2) is 0 Å². The number of rotatable bonds is 3. The van der Waals surface area contributed by atoms with Crippen LogP contribution in [-0.2, 0) is 6.42 Å². The summed E-state index contributed by atoms with van der Waals surface area (Å²) >= 11 is 3.31. The molecule has 0 radical (unpaired) electrons. The summed E-state index contributed by atoms with van der Waals surface area (Å²) in [6.07, 6.45) is 4.29. The molecule has 1 atom stereocenters. The molecule has 0 aliphatic heterocycles. The minimum absolute atomic E-state index is 0.0711. The maximum atomic E-state index is 12.0. The van der Waals surface area contributed by atoms with Crippen molar-refractivity contribution < 1.29 is 4.79 Å². The quantitative estimate of drug-likeness (QED) is 0.946. The van der Waals surface area contributed by atoms with Crippen LogP contribution in [0.25, 0.3) is 0 Å². The van der Waals surface area contributed by atoms with Crippen molar-refractivity contribution in [1.29, 1.82) is 0 Å². The lowest BCUT2D eigenvalue weighted by Gasteiger charge is -2.30. The number of pyridine rings is 1. The standard InChI is InChI=1S/C15H13BrN2O/c16-13-6-12(7-17-9-13)15(19)18-8-11-5-10-3-1-2-4-14(10)11/h1-4,6-7,9,11H,5,8H2,(H,18,19). The van der Waals surface area contributed by atoms with E-state index in [2.05, 4.69) is 44.4 Å². The zero-order chi connectivity index (χ0) is 13.2. The van der Waals surface area contributed by atoms with Gasteiger partial charge in [-0.3, -0.25) is 9.78 Å². The van der Waals surface area contributed by atoms with E-state index >= 15 is 0 Å². The smallest absolute Gasteiger partial charge is 0.252 e. The van der Waals surface area contributed by atoms with Gasteiger partial charge in [0.2, 0.25) is 0 Å². The molecule has 2 aromatic rings. The van der Waals surface area contributed by atoms with Crippen LogP contribution in [0.3, 0.4) is 0 Å². The number of carbonyl (C=O) groups excluding carboxylic acids is 1. The van der Waals surface area contributed by atoms with Gasteiger partial charge in [0, 0.05) is 29.3 Å². The number of aromatic nitrogens is 1. The molecule has 0 fully saturated rings. The first-order chi connectivity index (χ1) is 9.24. The van der Waals surface area contributed by atoms with Gasteiger partial charge in [-0.1, -0.05) is 24.3 Å². The van der Waals surface area contributed by atoms with Gasteiger partial charge in [0.25, 0.3) is 5.91 Å². The predicted molar refractivity (Wildman–Crippen MR) is 77.2 cm³/mol. The molecule has 0 saturated carbocycles. The van der Waals surface area contributed by atoms with E-state index in [0.717, 1.165) is 10.9 Å². The first kappa shape index (κ1) is 12.4. The fourth-order valence-corrected chi connectivity index (χ4v) is 2.76. The number of carbonyl (C=O) groups is 1. The largest absolute Gasteiger partial charge is 0.351 e. The zero-order valence-electron chi connectivity index (χ0n) is 10.3. The summed E-state index contributed by atoms with van der Waals surface area (Å²) < 4.78 is 0.814. The third-order valence-corrected chi connectivity index (χ3v) is 3.87. The molecule has 1 amide bonds. The Hall–Kier alpha value is -1.68. The molecule has 1 heterocycles. The van der Waals surface area contributed by atoms with Crippen molar-refractivity contribution in [1.82, 2.24) is 10.3 Å². The Morgan fingerprint density at radius 3 is 3.00 bits per heavy atom. The summed E-state index contributed by atoms with van der Waals surface area (Å²) in [5.74, 6) is 0.374. The van der Waals surface area contributed by atoms with E-state index in [-0.39, 0.29) is 5.91 Å². The number of amides is 1. The maximum absolute atomic E-state index is 12.0. The molecule has 1 aromatic heterocycles. The third-order valence-electron chi connectivity index (χ3n) is 3.44. The van der Waals surface area contributed by atoms with Crippen LogP contribution in [0.4, 0.5) is 0 Å². The molecule has 1 aromatic carbocycles. The van der Waals surface area contributed by atoms with E-state index < -0.39 is 0 Å². The van der Waals surface area contributed by atoms with Gasteiger partial charge in [0.15, 0.2) is 0 Å². The number of benzene rings is 1. The first-order valence-electron chi connectivity index (χ1n) is 6.20. The number of fused-ring (bicyclic) bond motifs is 1. The minimum Gasteiger partial charge on any atom is -0.351 e. The molecule has 1 aliphatic rings. The Bertz CT molecular complexity index is 627. The van der Waals surface area contributed by atoms with E-state index in [9.17, 15) is 4.79 Å². The van der Waals surface area contributed by atoms with Gasteiger partial charge in [-0.2, -0.15) is 0 Å². The van der Waals surface area contributed by atoms with Crippen LogP contribution in [0.1, 0.15) is 27.4 Å². The fraction of sp³-hybridized carbons (Fsp3) is 0.200. The van der Waals surface area contributed by atoms with Gasteiger partial charge in [-0.15, -0.1) is 0 Å². The van der Waals surface area contributed by atoms with Crippen molar-refractivity contribution in [2.24, 2.45) is 0 Å². The van der Waals surface area contributed by atoms with Crippen LogP contribution in [-0.4, -0.2) is 17.4 Å². The molecule has 19 heavy (non-hydrogen) atoms. The van der Waals surface area contributed by atoms with Gasteiger partial charge in [0.05, 0.1) is 5.56 Å². The van der Waals surface area contributed by atoms with E-state index in [1.54, 1.807) is 18.5 Å². The highest BCUT2D eigenvalue weighted by atomic mass is 79.9. The lowest BCUT2D eigenvalue weighted by molar-refractivity contribution is 0.0949. The van der Waals surface area contributed by atoms with Crippen molar-refractivity contribution in [3.63, 3.8) is 0 Å². The van der Waals surface area contributed by atoms with Crippen LogP contribution in [0.2, 0.25) is 0 Å². The topological polar surface area (TPSA) is 42.0 Å². The number of nitrogens with zero attached hydrogens (tertiary/aromatic N) is 1. The van der Waals surface area contributed by atoms with Crippen molar-refractivity contribution in [2.75, 3.05) is 6.54 Å². The molecule has 0 bridgehead atoms. The van der Waals surface area contributed by atoms with Crippen LogP contribution in [0, 0.1) is 0 Å². The van der Waals surface area contributed by atoms with E-state index in [1.165, 1.54) is 11.1 Å². The van der Waals surface area contributed by atoms with E-state index in [4.69, 9.17) is 0 Å². The lowest BCUT2D eigenvalue weighted by atomic mass is 9.77. The molecule has 1 unspecified atom stereocenters. The highest BCUT2D eigenvalue weighted by molar-refractivity contribution is 9.10. The second-order valence-electron chi connectivity index (χ2n) is 4.70. The summed E-state index contributed by atoms with van der Waals surface area (Å²) in [6, 6.07) is 10.2. The lowest BCUT2D eigenvalue weighted by Crippen LogP contribution is -2.33. The Morgan fingerprint density at radius 2 is 2.21 bits per heavy atom. The van der Waals surface area contributed by atoms with Gasteiger partial charge in [0.1, 0.15) is 0 Å². The number of halogens is 1. The Morgan fingerprint density at radius 1 is 1.37 bits per heavy atom. The van der Waals surface area contributed by atoms with Crippen LogP contribution >= 0.6 is 15.9 Å². The molecular formula is C15H13BrN2O. The summed E-state index contributed by atoms with van der Waals surface area (Å²) in [7, 11) is 0. The Labute approximate surface area is 120 Å². The number of nitrogens with one attached hydrogen (secondary N) is 1. The first-order valence-corrected chi connectivity index (χ1v) is 7.00. The summed E-state index contributed by atoms with van der Waals surface area (Å²) in [4.78, 5) is 16.0. The van der Waals surface area contributed by atoms with Crippen LogP contribution < -0.4 is 5.32 Å². The molecule has 1 N–H and O–H groups in total. The molecule has 3 nitrogen and oxygen atoms in total. The SMILES string of the molecule is O=C(NCC1Cc2ccccc21)c1cncc(Br)c1. The highest BCUT2D eigenvalue weighted by Crippen LogP contribution is 2.33. The molecule has 96 valence electrons. The highest BCUT2D eigenvalue weighted by Gasteiger charge is 2.25. The van der Waals surface area contributed by atoms with Gasteiger partial charge >= 0.3 is 0 Å². The number of hydrogen-bond acceptors (Lipinski definition) is 2. The second-order valence-corrected chi connectivity index (χ2v) is 5.62. The normalized spacial score (nSPS) is 16.4. The summed E-state index contributed by atoms with van der Waals surface area (Å²) in [5, 5.41) is 2.97. The van der Waals surface area contributed by atoms with Crippen molar-refractivity contribution >= 4 is 21.8 Å². The Kier molecular flexibility index (Phi) is 3.34. The fourth-order valence-electron chi connectivity index (χ4n) is 2.40. The third kappa shape index (κ3) is 2.54. The van der Waals surface area contributed by atoms with Crippen LogP contribution in [0.15, 0.2) is 47.2 Å². The average molecular weight is 317 g/mol. The molecule has 0 saturated heterocycles. The predicted octanol–water partition coefficient (Wildman–Crippen LogP) is 2.91. The Balaban J connectivity index is 1.61. The average Bonchev–Trinajstić information content (AvgIpc) is 2.39. The van der Waals surface area contributed by atoms with Crippen molar-refractivity contribution in [2.45, 2.75) is 12.3 Å². The van der Waals surface area contributed by atoms with Crippen molar-refractivity contribution in [3.05, 3.63) is 63.9 Å². The van der Waals surface area contributed by atoms with Crippen molar-refractivity contribution in [3.8, 4) is 0 Å². The monoisotopic (exact) mass is 316 g/mol. The van der Waals surface area contributed by atoms with Gasteiger partial charge in [-0.05, 0) is 39.5 Å². The van der Waals surface area contributed by atoms with E-state index in [0.29, 0.717) is 18.0 Å². The second kappa shape index (κ2) is 5.13. The molecule has 3 rings (SSSR count). The summed E-state index contributed by atoms with van der Waals surface area (Å²) in [6.45, 7) is 0.683. The molecule has 4 heteroatoms. The van der Waals surface area contributed by atoms with E-state index in [1.807, 2.05) is 6.07 Å². The molecule has 0 spiro atoms. The minimum atomic E-state index is -0.0711. The van der Waals surface area contributed by atoms with Crippen LogP contribution in [0.5, 0.6) is 0 Å². The number of hydrogen-bond donors (Lipinski definition) is 1. The van der Waals surface area contributed by atoms with Gasteiger partial charge < -0.3 is 5.32 Å².